The highest BCUT2D eigenvalue weighted by atomic mass is 32.1. The van der Waals surface area contributed by atoms with Crippen molar-refractivity contribution in [3.63, 3.8) is 0 Å². The number of nitrogens with two attached hydrogens (primary N) is 1. The molecule has 96 valence electrons. The third-order valence-corrected chi connectivity index (χ3v) is 4.32. The number of hydrogen-bond acceptors (Lipinski definition) is 5. The highest BCUT2D eigenvalue weighted by Crippen LogP contribution is 2.35. The predicted molar refractivity (Wildman–Crippen MR) is 69.1 cm³/mol. The third-order valence-electron chi connectivity index (χ3n) is 3.30. The Morgan fingerprint density at radius 1 is 1.59 bits per heavy atom. The Bertz CT molecular complexity index is 337. The second-order valence-corrected chi connectivity index (χ2v) is 5.31. The van der Waals surface area contributed by atoms with Crippen molar-refractivity contribution in [1.82, 2.24) is 5.43 Å². The van der Waals surface area contributed by atoms with Crippen molar-refractivity contribution in [3.8, 4) is 5.75 Å². The molecule has 0 spiro atoms. The van der Waals surface area contributed by atoms with E-state index in [2.05, 4.69) is 5.43 Å². The number of rotatable bonds is 5. The van der Waals surface area contributed by atoms with Gasteiger partial charge in [-0.1, -0.05) is 0 Å². The molecule has 1 saturated heterocycles. The first kappa shape index (κ1) is 12.8. The molecule has 0 radical (unpaired) electrons. The summed E-state index contributed by atoms with van der Waals surface area (Å²) in [6.07, 6.45) is 3.31. The summed E-state index contributed by atoms with van der Waals surface area (Å²) in [6, 6.07) is 2.18. The maximum Gasteiger partial charge on any atom is 0.134 e. The number of hydrazine groups is 1. The molecule has 17 heavy (non-hydrogen) atoms. The summed E-state index contributed by atoms with van der Waals surface area (Å²) < 4.78 is 10.7. The number of ether oxygens (including phenoxy) is 2. The van der Waals surface area contributed by atoms with Crippen molar-refractivity contribution < 1.29 is 9.47 Å². The third kappa shape index (κ3) is 3.19. The topological polar surface area (TPSA) is 56.5 Å². The van der Waals surface area contributed by atoms with E-state index in [1.54, 1.807) is 18.4 Å². The zero-order chi connectivity index (χ0) is 12.1. The highest BCUT2D eigenvalue weighted by Gasteiger charge is 2.22. The number of thiophene rings is 1. The van der Waals surface area contributed by atoms with Gasteiger partial charge in [-0.3, -0.25) is 11.3 Å². The lowest BCUT2D eigenvalue weighted by molar-refractivity contribution is 0.0605. The fourth-order valence-corrected chi connectivity index (χ4v) is 3.23. The van der Waals surface area contributed by atoms with Gasteiger partial charge in [0, 0.05) is 13.2 Å². The fourth-order valence-electron chi connectivity index (χ4n) is 2.30. The first-order valence-electron chi connectivity index (χ1n) is 6.00. The Hall–Kier alpha value is -0.620. The van der Waals surface area contributed by atoms with Crippen LogP contribution in [0.1, 0.15) is 30.2 Å². The molecule has 1 fully saturated rings. The summed E-state index contributed by atoms with van der Waals surface area (Å²) in [5.74, 6) is 7.30. The van der Waals surface area contributed by atoms with Crippen molar-refractivity contribution in [2.75, 3.05) is 20.3 Å². The lowest BCUT2D eigenvalue weighted by Gasteiger charge is -2.26. The zero-order valence-electron chi connectivity index (χ0n) is 10.1. The smallest absolute Gasteiger partial charge is 0.134 e. The van der Waals surface area contributed by atoms with Gasteiger partial charge in [-0.2, -0.15) is 0 Å². The normalized spacial score (nSPS) is 19.2. The molecule has 0 saturated carbocycles. The van der Waals surface area contributed by atoms with Crippen LogP contribution in [0.2, 0.25) is 0 Å². The monoisotopic (exact) mass is 256 g/mol. The summed E-state index contributed by atoms with van der Waals surface area (Å²) in [5.41, 5.74) is 2.92. The maximum absolute atomic E-state index is 5.67. The summed E-state index contributed by atoms with van der Waals surface area (Å²) in [4.78, 5) is 1.20. The van der Waals surface area contributed by atoms with Crippen LogP contribution in [0.5, 0.6) is 5.75 Å². The van der Waals surface area contributed by atoms with Gasteiger partial charge in [0.05, 0.1) is 18.0 Å². The van der Waals surface area contributed by atoms with Gasteiger partial charge in [-0.15, -0.1) is 11.3 Å². The minimum absolute atomic E-state index is 0.188. The van der Waals surface area contributed by atoms with Gasteiger partial charge in [-0.25, -0.2) is 0 Å². The maximum atomic E-state index is 5.67. The summed E-state index contributed by atoms with van der Waals surface area (Å²) in [5, 5.41) is 2.04. The molecule has 1 unspecified atom stereocenters. The van der Waals surface area contributed by atoms with Gasteiger partial charge in [0.25, 0.3) is 0 Å². The van der Waals surface area contributed by atoms with Crippen LogP contribution < -0.4 is 16.0 Å². The predicted octanol–water partition coefficient (Wildman–Crippen LogP) is 2.08. The molecule has 5 heteroatoms. The molecule has 4 nitrogen and oxygen atoms in total. The van der Waals surface area contributed by atoms with Gasteiger partial charge in [0.2, 0.25) is 0 Å². The molecule has 1 atom stereocenters. The van der Waals surface area contributed by atoms with Crippen LogP contribution in [0, 0.1) is 5.92 Å². The van der Waals surface area contributed by atoms with E-state index in [1.807, 2.05) is 11.4 Å². The van der Waals surface area contributed by atoms with Crippen LogP contribution in [-0.4, -0.2) is 20.3 Å². The molecular weight excluding hydrogens is 236 g/mol. The Morgan fingerprint density at radius 3 is 3.00 bits per heavy atom. The van der Waals surface area contributed by atoms with Gasteiger partial charge >= 0.3 is 0 Å². The Kier molecular flexibility index (Phi) is 4.79. The zero-order valence-corrected chi connectivity index (χ0v) is 11.0. The highest BCUT2D eigenvalue weighted by molar-refractivity contribution is 7.10. The van der Waals surface area contributed by atoms with Crippen LogP contribution in [-0.2, 0) is 4.74 Å². The van der Waals surface area contributed by atoms with Gasteiger partial charge in [0.15, 0.2) is 0 Å². The molecule has 3 N–H and O–H groups in total. The first-order valence-corrected chi connectivity index (χ1v) is 6.88. The molecule has 1 aromatic rings. The van der Waals surface area contributed by atoms with Crippen molar-refractivity contribution in [2.45, 2.75) is 25.3 Å². The summed E-state index contributed by atoms with van der Waals surface area (Å²) >= 11 is 1.70. The van der Waals surface area contributed by atoms with Crippen LogP contribution in [0.4, 0.5) is 0 Å². The fraction of sp³-hybridized carbons (Fsp3) is 0.667. The van der Waals surface area contributed by atoms with E-state index in [4.69, 9.17) is 15.3 Å². The quantitative estimate of drug-likeness (QED) is 0.625. The molecule has 2 heterocycles. The molecule has 1 aliphatic rings. The minimum atomic E-state index is 0.188. The average molecular weight is 256 g/mol. The Balaban J connectivity index is 2.00. The molecule has 1 aromatic heterocycles. The number of methoxy groups -OCH3 is 1. The second kappa shape index (κ2) is 6.35. The molecule has 1 aliphatic heterocycles. The molecule has 0 aromatic carbocycles. The first-order chi connectivity index (χ1) is 8.35. The standard InChI is InChI=1S/C12H20N2O2S/c1-15-11-4-7-17-12(11)10(14-13)8-9-2-5-16-6-3-9/h4,7,9-10,14H,2-3,5-6,8,13H2,1H3. The Morgan fingerprint density at radius 2 is 2.35 bits per heavy atom. The van der Waals surface area contributed by atoms with Crippen LogP contribution in [0.25, 0.3) is 0 Å². The van der Waals surface area contributed by atoms with E-state index in [9.17, 15) is 0 Å². The van der Waals surface area contributed by atoms with Crippen LogP contribution in [0.15, 0.2) is 11.4 Å². The number of nitrogens with one attached hydrogen (secondary N) is 1. The molecule has 0 amide bonds. The van der Waals surface area contributed by atoms with Crippen molar-refractivity contribution in [2.24, 2.45) is 11.8 Å². The lowest BCUT2D eigenvalue weighted by Crippen LogP contribution is -2.30. The van der Waals surface area contributed by atoms with E-state index in [0.717, 1.165) is 38.2 Å². The van der Waals surface area contributed by atoms with E-state index in [1.165, 1.54) is 4.88 Å². The van der Waals surface area contributed by atoms with Gasteiger partial charge in [0.1, 0.15) is 5.75 Å². The lowest BCUT2D eigenvalue weighted by atomic mass is 9.92. The van der Waals surface area contributed by atoms with Gasteiger partial charge in [-0.05, 0) is 36.6 Å². The van der Waals surface area contributed by atoms with Gasteiger partial charge < -0.3 is 9.47 Å². The average Bonchev–Trinajstić information content (AvgIpc) is 2.85. The van der Waals surface area contributed by atoms with E-state index in [0.29, 0.717) is 5.92 Å². The van der Waals surface area contributed by atoms with E-state index >= 15 is 0 Å². The van der Waals surface area contributed by atoms with E-state index < -0.39 is 0 Å². The molecule has 2 rings (SSSR count). The summed E-state index contributed by atoms with van der Waals surface area (Å²) in [7, 11) is 1.70. The van der Waals surface area contributed by atoms with Crippen molar-refractivity contribution >= 4 is 11.3 Å². The minimum Gasteiger partial charge on any atom is -0.496 e. The number of hydrogen-bond donors (Lipinski definition) is 2. The molecule has 0 aliphatic carbocycles. The Labute approximate surface area is 106 Å². The molecule has 0 bridgehead atoms. The van der Waals surface area contributed by atoms with E-state index in [-0.39, 0.29) is 6.04 Å². The molecular formula is C12H20N2O2S. The SMILES string of the molecule is COc1ccsc1C(CC1CCOCC1)NN. The largest absolute Gasteiger partial charge is 0.496 e. The summed E-state index contributed by atoms with van der Waals surface area (Å²) in [6.45, 7) is 1.76. The van der Waals surface area contributed by atoms with Crippen LogP contribution in [0.3, 0.4) is 0 Å². The second-order valence-electron chi connectivity index (χ2n) is 4.36. The van der Waals surface area contributed by atoms with Crippen molar-refractivity contribution in [1.29, 1.82) is 0 Å². The van der Waals surface area contributed by atoms with Crippen LogP contribution >= 0.6 is 11.3 Å². The van der Waals surface area contributed by atoms with Crippen molar-refractivity contribution in [3.05, 3.63) is 16.3 Å².